The summed E-state index contributed by atoms with van der Waals surface area (Å²) < 4.78 is 2.28. The maximum atomic E-state index is 5.25. The van der Waals surface area contributed by atoms with E-state index in [9.17, 15) is 0 Å². The molecule has 0 N–H and O–H groups in total. The smallest absolute Gasteiger partial charge is 0.147 e. The topological polar surface area (TPSA) is 43.1 Å². The fourth-order valence-electron chi connectivity index (χ4n) is 5.70. The van der Waals surface area contributed by atoms with E-state index < -0.39 is 0 Å². The van der Waals surface area contributed by atoms with Crippen LogP contribution in [-0.2, 0) is 12.8 Å². The van der Waals surface area contributed by atoms with Gasteiger partial charge in [-0.15, -0.1) is 0 Å². The van der Waals surface area contributed by atoms with Crippen molar-refractivity contribution in [3.05, 3.63) is 95.6 Å². The quantitative estimate of drug-likeness (QED) is 0.315. The number of benzene rings is 2. The summed E-state index contributed by atoms with van der Waals surface area (Å²) in [4.78, 5) is 14.4. The van der Waals surface area contributed by atoms with E-state index in [0.717, 1.165) is 46.0 Å². The molecule has 0 aliphatic heterocycles. The molecule has 0 unspecified atom stereocenters. The fraction of sp³-hybridized carbons (Fsp3) is 0.0741. The van der Waals surface area contributed by atoms with E-state index in [1.807, 2.05) is 24.7 Å². The third-order valence-corrected chi connectivity index (χ3v) is 6.99. The van der Waals surface area contributed by atoms with Crippen molar-refractivity contribution >= 4 is 27.5 Å². The van der Waals surface area contributed by atoms with Crippen molar-refractivity contribution in [2.24, 2.45) is 0 Å². The predicted molar refractivity (Wildman–Crippen MR) is 122 cm³/mol. The molecule has 8 rings (SSSR count). The van der Waals surface area contributed by atoms with Crippen molar-refractivity contribution in [3.63, 3.8) is 0 Å². The van der Waals surface area contributed by atoms with Crippen LogP contribution in [0.2, 0.25) is 0 Å². The first-order valence-corrected chi connectivity index (χ1v) is 10.6. The summed E-state index contributed by atoms with van der Waals surface area (Å²) in [5.74, 6) is 0. The van der Waals surface area contributed by atoms with Gasteiger partial charge in [-0.2, -0.15) is 0 Å². The molecule has 0 fully saturated rings. The van der Waals surface area contributed by atoms with Crippen LogP contribution >= 0.6 is 0 Å². The molecule has 2 aromatic carbocycles. The van der Waals surface area contributed by atoms with Crippen LogP contribution in [0.4, 0.5) is 0 Å². The lowest BCUT2D eigenvalue weighted by molar-refractivity contribution is 1.07. The Morgan fingerprint density at radius 1 is 0.710 bits per heavy atom. The average molecular weight is 396 g/mol. The largest absolute Gasteiger partial charge is 0.279 e. The Morgan fingerprint density at radius 3 is 2.65 bits per heavy atom. The highest BCUT2D eigenvalue weighted by Crippen LogP contribution is 2.48. The van der Waals surface area contributed by atoms with Gasteiger partial charge in [0.15, 0.2) is 0 Å². The van der Waals surface area contributed by atoms with E-state index in [-0.39, 0.29) is 0 Å². The SMILES string of the molecule is c1ccc2c(c1)Cc1c-2ccc2c1-c1nc3c4ccncc4c4cccnc4n3c1C2. The zero-order valence-corrected chi connectivity index (χ0v) is 16.6. The molecule has 0 saturated carbocycles. The molecule has 0 amide bonds. The van der Waals surface area contributed by atoms with Gasteiger partial charge in [-0.1, -0.05) is 36.4 Å². The van der Waals surface area contributed by atoms with Crippen molar-refractivity contribution in [2.75, 3.05) is 0 Å². The molecule has 2 aliphatic carbocycles. The lowest BCUT2D eigenvalue weighted by atomic mass is 9.97. The van der Waals surface area contributed by atoms with Crippen molar-refractivity contribution in [2.45, 2.75) is 12.8 Å². The van der Waals surface area contributed by atoms with Crippen molar-refractivity contribution in [3.8, 4) is 22.4 Å². The molecule has 144 valence electrons. The lowest BCUT2D eigenvalue weighted by Crippen LogP contribution is -1.98. The number of imidazole rings is 1. The van der Waals surface area contributed by atoms with E-state index in [1.165, 1.54) is 39.1 Å². The Bertz CT molecular complexity index is 1740. The van der Waals surface area contributed by atoms with E-state index in [4.69, 9.17) is 9.97 Å². The van der Waals surface area contributed by atoms with Crippen LogP contribution in [0.15, 0.2) is 73.2 Å². The third-order valence-electron chi connectivity index (χ3n) is 6.99. The fourth-order valence-corrected chi connectivity index (χ4v) is 5.70. The summed E-state index contributed by atoms with van der Waals surface area (Å²) in [6.07, 6.45) is 7.52. The van der Waals surface area contributed by atoms with E-state index in [2.05, 4.69) is 57.9 Å². The number of hydrogen-bond donors (Lipinski definition) is 0. The molecule has 4 nitrogen and oxygen atoms in total. The van der Waals surface area contributed by atoms with Gasteiger partial charge in [-0.05, 0) is 52.4 Å². The van der Waals surface area contributed by atoms with Crippen LogP contribution < -0.4 is 0 Å². The molecule has 4 heterocycles. The monoisotopic (exact) mass is 396 g/mol. The Morgan fingerprint density at radius 2 is 1.65 bits per heavy atom. The summed E-state index contributed by atoms with van der Waals surface area (Å²) in [6, 6.07) is 19.6. The number of pyridine rings is 3. The van der Waals surface area contributed by atoms with Crippen LogP contribution in [0.25, 0.3) is 49.8 Å². The Hall–Kier alpha value is -4.05. The van der Waals surface area contributed by atoms with Crippen molar-refractivity contribution < 1.29 is 0 Å². The predicted octanol–water partition coefficient (Wildman–Crippen LogP) is 5.57. The number of rotatable bonds is 0. The average Bonchev–Trinajstić information content (AvgIpc) is 3.48. The van der Waals surface area contributed by atoms with Gasteiger partial charge in [0.2, 0.25) is 0 Å². The van der Waals surface area contributed by atoms with Crippen molar-refractivity contribution in [1.29, 1.82) is 0 Å². The van der Waals surface area contributed by atoms with Crippen LogP contribution in [-0.4, -0.2) is 19.4 Å². The van der Waals surface area contributed by atoms with Gasteiger partial charge in [0.1, 0.15) is 11.3 Å². The van der Waals surface area contributed by atoms with Gasteiger partial charge in [0, 0.05) is 46.7 Å². The minimum Gasteiger partial charge on any atom is -0.279 e. The first-order valence-electron chi connectivity index (χ1n) is 10.6. The van der Waals surface area contributed by atoms with Crippen LogP contribution in [0.1, 0.15) is 22.4 Å². The first-order chi connectivity index (χ1) is 15.4. The minimum atomic E-state index is 0.887. The lowest BCUT2D eigenvalue weighted by Gasteiger charge is -2.09. The second-order valence-electron chi connectivity index (χ2n) is 8.50. The highest BCUT2D eigenvalue weighted by molar-refractivity contribution is 6.11. The van der Waals surface area contributed by atoms with Crippen LogP contribution in [0.5, 0.6) is 0 Å². The number of hydrogen-bond acceptors (Lipinski definition) is 3. The molecule has 0 spiro atoms. The molecule has 4 aromatic heterocycles. The summed E-state index contributed by atoms with van der Waals surface area (Å²) in [5.41, 5.74) is 12.6. The molecule has 6 aromatic rings. The van der Waals surface area contributed by atoms with Gasteiger partial charge < -0.3 is 0 Å². The molecular formula is C27H16N4. The molecule has 2 aliphatic rings. The van der Waals surface area contributed by atoms with Crippen LogP contribution in [0.3, 0.4) is 0 Å². The second kappa shape index (κ2) is 5.35. The third kappa shape index (κ3) is 1.84. The minimum absolute atomic E-state index is 0.887. The normalized spacial score (nSPS) is 13.5. The second-order valence-corrected chi connectivity index (χ2v) is 8.50. The highest BCUT2D eigenvalue weighted by atomic mass is 15.1. The summed E-state index contributed by atoms with van der Waals surface area (Å²) in [5, 5.41) is 3.35. The number of nitrogens with zero attached hydrogens (tertiary/aromatic N) is 4. The number of fused-ring (bicyclic) bond motifs is 14. The molecular weight excluding hydrogens is 380 g/mol. The van der Waals surface area contributed by atoms with Gasteiger partial charge in [0.25, 0.3) is 0 Å². The zero-order valence-electron chi connectivity index (χ0n) is 16.6. The maximum Gasteiger partial charge on any atom is 0.147 e. The van der Waals surface area contributed by atoms with Crippen LogP contribution in [0, 0.1) is 0 Å². The molecule has 0 radical (unpaired) electrons. The van der Waals surface area contributed by atoms with Gasteiger partial charge in [0.05, 0.1) is 11.4 Å². The molecule has 0 saturated heterocycles. The maximum absolute atomic E-state index is 5.25. The Balaban J connectivity index is 1.52. The van der Waals surface area contributed by atoms with Crippen molar-refractivity contribution in [1.82, 2.24) is 19.4 Å². The highest BCUT2D eigenvalue weighted by Gasteiger charge is 2.32. The molecule has 0 bridgehead atoms. The summed E-state index contributed by atoms with van der Waals surface area (Å²) in [7, 11) is 0. The first kappa shape index (κ1) is 15.7. The Labute approximate surface area is 177 Å². The standard InChI is InChI=1S/C27H16N4/c1-2-5-17-15(4-1)12-21-18(17)8-7-16-13-23-25(24(16)21)30-27-20-9-11-28-14-22(20)19-6-3-10-29-26(19)31(23)27/h1-11,14H,12-13H2. The van der Waals surface area contributed by atoms with E-state index in [0.29, 0.717) is 0 Å². The van der Waals surface area contributed by atoms with Gasteiger partial charge in [-0.25, -0.2) is 9.97 Å². The van der Waals surface area contributed by atoms with E-state index in [1.54, 1.807) is 0 Å². The molecule has 31 heavy (non-hydrogen) atoms. The zero-order chi connectivity index (χ0) is 20.1. The van der Waals surface area contributed by atoms with Gasteiger partial charge >= 0.3 is 0 Å². The van der Waals surface area contributed by atoms with E-state index >= 15 is 0 Å². The summed E-state index contributed by atoms with van der Waals surface area (Å²) >= 11 is 0. The Kier molecular flexibility index (Phi) is 2.72. The molecule has 4 heteroatoms. The molecule has 0 atom stereocenters. The number of aromatic nitrogens is 4. The van der Waals surface area contributed by atoms with Gasteiger partial charge in [-0.3, -0.25) is 9.38 Å². The summed E-state index contributed by atoms with van der Waals surface area (Å²) in [6.45, 7) is 0.